The predicted octanol–water partition coefficient (Wildman–Crippen LogP) is 3.78. The molecule has 0 saturated carbocycles. The molecule has 0 amide bonds. The summed E-state index contributed by atoms with van der Waals surface area (Å²) < 4.78 is 33.4. The topological polar surface area (TPSA) is 64.4 Å². The van der Waals surface area contributed by atoms with Crippen LogP contribution in [0.4, 0.5) is 0 Å². The predicted molar refractivity (Wildman–Crippen MR) is 116 cm³/mol. The van der Waals surface area contributed by atoms with Crippen LogP contribution in [0.3, 0.4) is 0 Å². The van der Waals surface area contributed by atoms with Gasteiger partial charge in [-0.1, -0.05) is 36.4 Å². The molecule has 6 nitrogen and oxygen atoms in total. The second-order valence-corrected chi connectivity index (χ2v) is 9.76. The van der Waals surface area contributed by atoms with Gasteiger partial charge in [0.1, 0.15) is 5.69 Å². The minimum absolute atomic E-state index is 0.106. The number of rotatable bonds is 3. The van der Waals surface area contributed by atoms with Crippen LogP contribution in [0.2, 0.25) is 5.02 Å². The van der Waals surface area contributed by atoms with Crippen molar-refractivity contribution >= 4 is 27.1 Å². The van der Waals surface area contributed by atoms with Gasteiger partial charge in [0, 0.05) is 29.2 Å². The first-order valence-electron chi connectivity index (χ1n) is 9.68. The van der Waals surface area contributed by atoms with Gasteiger partial charge in [-0.25, -0.2) is 13.1 Å². The summed E-state index contributed by atoms with van der Waals surface area (Å²) in [5.41, 5.74) is 4.26. The second kappa shape index (κ2) is 7.27. The Kier molecular flexibility index (Phi) is 4.69. The molecule has 5 rings (SSSR count). The number of sulfone groups is 1. The summed E-state index contributed by atoms with van der Waals surface area (Å²) in [7, 11) is -3.48. The third-order valence-electron chi connectivity index (χ3n) is 5.53. The molecule has 154 valence electrons. The Morgan fingerprint density at radius 1 is 1.07 bits per heavy atom. The monoisotopic (exact) mass is 441 g/mol. The lowest BCUT2D eigenvalue weighted by Gasteiger charge is -2.30. The van der Waals surface area contributed by atoms with Crippen molar-refractivity contribution < 1.29 is 13.2 Å². The Morgan fingerprint density at radius 2 is 1.77 bits per heavy atom. The molecule has 2 aliphatic heterocycles. The van der Waals surface area contributed by atoms with E-state index in [9.17, 15) is 8.42 Å². The van der Waals surface area contributed by atoms with Gasteiger partial charge in [0.25, 0.3) is 0 Å². The molecule has 3 heterocycles. The van der Waals surface area contributed by atoms with Gasteiger partial charge in [0.05, 0.1) is 40.9 Å². The number of aromatic nitrogens is 2. The average Bonchev–Trinajstić information content (AvgIpc) is 3.13. The minimum atomic E-state index is -3.48. The lowest BCUT2D eigenvalue weighted by atomic mass is 10.0. The SMILES string of the molecule is C=C(c1nn(-c2ccc(Cl)cc2)c2c1CS(=O)(=O)c1ccccc1-2)N1CCOCC1. The quantitative estimate of drug-likeness (QED) is 0.618. The van der Waals surface area contributed by atoms with Crippen LogP contribution in [-0.4, -0.2) is 49.4 Å². The molecule has 0 radical (unpaired) electrons. The third kappa shape index (κ3) is 3.14. The fourth-order valence-electron chi connectivity index (χ4n) is 4.05. The highest BCUT2D eigenvalue weighted by atomic mass is 35.5. The van der Waals surface area contributed by atoms with E-state index in [4.69, 9.17) is 21.4 Å². The van der Waals surface area contributed by atoms with Crippen molar-refractivity contribution in [1.29, 1.82) is 0 Å². The fraction of sp³-hybridized carbons (Fsp3) is 0.227. The van der Waals surface area contributed by atoms with E-state index in [0.717, 1.165) is 17.1 Å². The highest BCUT2D eigenvalue weighted by Gasteiger charge is 2.35. The first-order valence-corrected chi connectivity index (χ1v) is 11.7. The van der Waals surface area contributed by atoms with Crippen molar-refractivity contribution in [3.8, 4) is 16.9 Å². The van der Waals surface area contributed by atoms with Gasteiger partial charge in [-0.3, -0.25) is 0 Å². The Balaban J connectivity index is 1.75. The van der Waals surface area contributed by atoms with Crippen molar-refractivity contribution in [2.24, 2.45) is 0 Å². The summed E-state index contributed by atoms with van der Waals surface area (Å²) in [6.45, 7) is 6.88. The fourth-order valence-corrected chi connectivity index (χ4v) is 5.77. The lowest BCUT2D eigenvalue weighted by molar-refractivity contribution is 0.0639. The van der Waals surface area contributed by atoms with Gasteiger partial charge in [-0.15, -0.1) is 0 Å². The van der Waals surface area contributed by atoms with Crippen molar-refractivity contribution in [2.75, 3.05) is 26.3 Å². The first kappa shape index (κ1) is 19.4. The molecular formula is C22H20ClN3O3S. The maximum absolute atomic E-state index is 13.1. The van der Waals surface area contributed by atoms with Gasteiger partial charge in [0.15, 0.2) is 9.84 Å². The second-order valence-electron chi connectivity index (χ2n) is 7.37. The maximum atomic E-state index is 13.1. The first-order chi connectivity index (χ1) is 14.5. The molecule has 1 fully saturated rings. The summed E-state index contributed by atoms with van der Waals surface area (Å²) >= 11 is 6.08. The summed E-state index contributed by atoms with van der Waals surface area (Å²) in [6.07, 6.45) is 0. The van der Waals surface area contributed by atoms with Crippen molar-refractivity contribution in [3.63, 3.8) is 0 Å². The molecule has 0 aliphatic carbocycles. The average molecular weight is 442 g/mol. The Morgan fingerprint density at radius 3 is 2.50 bits per heavy atom. The molecule has 8 heteroatoms. The number of halogens is 1. The molecule has 2 aliphatic rings. The summed E-state index contributed by atoms with van der Waals surface area (Å²) in [6, 6.07) is 14.4. The number of morpholine rings is 1. The Bertz CT molecular complexity index is 1240. The summed E-state index contributed by atoms with van der Waals surface area (Å²) in [5.74, 6) is -0.106. The molecule has 0 atom stereocenters. The molecule has 0 bridgehead atoms. The molecule has 0 unspecified atom stereocenters. The smallest absolute Gasteiger partial charge is 0.183 e. The van der Waals surface area contributed by atoms with Crippen LogP contribution in [0.5, 0.6) is 0 Å². The van der Waals surface area contributed by atoms with E-state index in [1.807, 2.05) is 24.3 Å². The molecular weight excluding hydrogens is 422 g/mol. The number of benzene rings is 2. The molecule has 30 heavy (non-hydrogen) atoms. The lowest BCUT2D eigenvalue weighted by Crippen LogP contribution is -2.35. The van der Waals surface area contributed by atoms with E-state index >= 15 is 0 Å². The van der Waals surface area contributed by atoms with Crippen molar-refractivity contribution in [2.45, 2.75) is 10.6 Å². The van der Waals surface area contributed by atoms with Crippen molar-refractivity contribution in [1.82, 2.24) is 14.7 Å². The van der Waals surface area contributed by atoms with Gasteiger partial charge in [0.2, 0.25) is 0 Å². The van der Waals surface area contributed by atoms with E-state index in [1.165, 1.54) is 0 Å². The van der Waals surface area contributed by atoms with E-state index < -0.39 is 9.84 Å². The van der Waals surface area contributed by atoms with Crippen LogP contribution in [-0.2, 0) is 20.3 Å². The summed E-state index contributed by atoms with van der Waals surface area (Å²) in [5, 5.41) is 5.48. The number of fused-ring (bicyclic) bond motifs is 3. The third-order valence-corrected chi connectivity index (χ3v) is 7.48. The zero-order valence-electron chi connectivity index (χ0n) is 16.2. The molecule has 3 aromatic rings. The summed E-state index contributed by atoms with van der Waals surface area (Å²) in [4.78, 5) is 2.43. The molecule has 0 spiro atoms. The van der Waals surface area contributed by atoms with E-state index in [2.05, 4.69) is 11.5 Å². The number of ether oxygens (including phenoxy) is 1. The highest BCUT2D eigenvalue weighted by molar-refractivity contribution is 7.90. The van der Waals surface area contributed by atoms with Gasteiger partial charge in [-0.2, -0.15) is 5.10 Å². The molecule has 1 aromatic heterocycles. The van der Waals surface area contributed by atoms with Crippen LogP contribution in [0.1, 0.15) is 11.3 Å². The maximum Gasteiger partial charge on any atom is 0.183 e. The normalized spacial score (nSPS) is 17.3. The number of hydrogen-bond acceptors (Lipinski definition) is 5. The van der Waals surface area contributed by atoms with Gasteiger partial charge in [-0.05, 0) is 30.3 Å². The van der Waals surface area contributed by atoms with E-state index in [-0.39, 0.29) is 5.75 Å². The molecule has 1 saturated heterocycles. The zero-order valence-corrected chi connectivity index (χ0v) is 17.8. The number of nitrogens with zero attached hydrogens (tertiary/aromatic N) is 3. The Labute approximate surface area is 180 Å². The zero-order chi connectivity index (χ0) is 20.9. The molecule has 0 N–H and O–H groups in total. The van der Waals surface area contributed by atoms with Crippen molar-refractivity contribution in [3.05, 3.63) is 71.4 Å². The molecule has 2 aromatic carbocycles. The van der Waals surface area contributed by atoms with Crippen LogP contribution in [0.15, 0.2) is 60.0 Å². The van der Waals surface area contributed by atoms with E-state index in [1.54, 1.807) is 28.9 Å². The highest BCUT2D eigenvalue weighted by Crippen LogP contribution is 2.42. The van der Waals surface area contributed by atoms with Crippen LogP contribution < -0.4 is 0 Å². The Hall–Kier alpha value is -2.61. The largest absolute Gasteiger partial charge is 0.378 e. The van der Waals surface area contributed by atoms with E-state index in [0.29, 0.717) is 53.0 Å². The standard InChI is InChI=1S/C22H20ClN3O3S/c1-15(25-10-12-29-13-11-25)21-19-14-30(27,28)20-5-3-2-4-18(20)22(19)26(24-21)17-8-6-16(23)7-9-17/h2-9H,1,10-14H2. The minimum Gasteiger partial charge on any atom is -0.378 e. The van der Waals surface area contributed by atoms with Gasteiger partial charge >= 0.3 is 0 Å². The van der Waals surface area contributed by atoms with Gasteiger partial charge < -0.3 is 9.64 Å². The number of hydrogen-bond donors (Lipinski definition) is 0. The van der Waals surface area contributed by atoms with Crippen LogP contribution in [0, 0.1) is 0 Å². The van der Waals surface area contributed by atoms with Crippen LogP contribution >= 0.6 is 11.6 Å². The van der Waals surface area contributed by atoms with Crippen LogP contribution in [0.25, 0.3) is 22.6 Å².